The van der Waals surface area contributed by atoms with Crippen LogP contribution >= 0.6 is 0 Å². The molecule has 0 atom stereocenters. The van der Waals surface area contributed by atoms with Gasteiger partial charge in [-0.1, -0.05) is 12.1 Å². The first kappa shape index (κ1) is 22.5. The Balaban J connectivity index is 2.28. The van der Waals surface area contributed by atoms with Crippen molar-refractivity contribution in [2.45, 2.75) is 20.0 Å². The minimum Gasteiger partial charge on any atom is -0.490 e. The molecule has 9 heteroatoms. The van der Waals surface area contributed by atoms with E-state index in [4.69, 9.17) is 9.47 Å². The Kier molecular flexibility index (Phi) is 7.20. The summed E-state index contributed by atoms with van der Waals surface area (Å²) in [7, 11) is 0. The van der Waals surface area contributed by atoms with Gasteiger partial charge in [-0.2, -0.15) is 18.4 Å². The lowest BCUT2D eigenvalue weighted by atomic mass is 10.1. The van der Waals surface area contributed by atoms with E-state index in [9.17, 15) is 28.0 Å². The number of ether oxygens (including phenoxy) is 2. The molecule has 0 aromatic heterocycles. The normalized spacial score (nSPS) is 11.4. The van der Waals surface area contributed by atoms with Crippen molar-refractivity contribution in [3.05, 3.63) is 59.2 Å². The van der Waals surface area contributed by atoms with Crippen molar-refractivity contribution in [1.82, 2.24) is 0 Å². The first-order chi connectivity index (χ1) is 14.1. The number of halogens is 3. The number of nitrogens with one attached hydrogen (secondary N) is 1. The first-order valence-corrected chi connectivity index (χ1v) is 8.69. The van der Waals surface area contributed by atoms with E-state index in [-0.39, 0.29) is 29.4 Å². The molecule has 0 fully saturated rings. The van der Waals surface area contributed by atoms with Crippen molar-refractivity contribution in [3.8, 4) is 17.6 Å². The Morgan fingerprint density at radius 2 is 1.90 bits per heavy atom. The molecule has 0 unspecified atom stereocenters. The van der Waals surface area contributed by atoms with Gasteiger partial charge in [0.05, 0.1) is 12.2 Å². The van der Waals surface area contributed by atoms with E-state index in [1.54, 1.807) is 13.0 Å². The van der Waals surface area contributed by atoms with Crippen molar-refractivity contribution in [3.63, 3.8) is 0 Å². The lowest BCUT2D eigenvalue weighted by Crippen LogP contribution is -2.14. The van der Waals surface area contributed by atoms with E-state index in [0.717, 1.165) is 18.2 Å². The molecule has 0 saturated carbocycles. The second-order valence-electron chi connectivity index (χ2n) is 5.94. The van der Waals surface area contributed by atoms with E-state index < -0.39 is 23.6 Å². The van der Waals surface area contributed by atoms with Gasteiger partial charge in [0.25, 0.3) is 5.91 Å². The van der Waals surface area contributed by atoms with Crippen LogP contribution in [0.2, 0.25) is 0 Å². The lowest BCUT2D eigenvalue weighted by Gasteiger charge is -2.11. The molecule has 0 radical (unpaired) electrons. The molecule has 0 aliphatic carbocycles. The summed E-state index contributed by atoms with van der Waals surface area (Å²) in [5.74, 6) is -1.01. The molecule has 2 aromatic carbocycles. The van der Waals surface area contributed by atoms with Crippen LogP contribution in [-0.2, 0) is 15.8 Å². The van der Waals surface area contributed by atoms with Gasteiger partial charge in [-0.3, -0.25) is 9.59 Å². The number of esters is 1. The van der Waals surface area contributed by atoms with Gasteiger partial charge >= 0.3 is 12.1 Å². The molecule has 0 spiro atoms. The van der Waals surface area contributed by atoms with Gasteiger partial charge in [-0.15, -0.1) is 0 Å². The number of alkyl halides is 3. The summed E-state index contributed by atoms with van der Waals surface area (Å²) >= 11 is 0. The van der Waals surface area contributed by atoms with Gasteiger partial charge in [-0.05, 0) is 48.9 Å². The zero-order chi connectivity index (χ0) is 22.3. The Hall–Kier alpha value is -3.80. The Bertz CT molecular complexity index is 1020. The van der Waals surface area contributed by atoms with Crippen LogP contribution in [0.4, 0.5) is 18.9 Å². The largest absolute Gasteiger partial charge is 0.490 e. The molecule has 1 amide bonds. The van der Waals surface area contributed by atoms with Crippen LogP contribution in [0.25, 0.3) is 6.08 Å². The molecule has 0 saturated heterocycles. The van der Waals surface area contributed by atoms with Crippen LogP contribution in [0.15, 0.2) is 48.0 Å². The van der Waals surface area contributed by atoms with Crippen LogP contribution in [0, 0.1) is 11.3 Å². The van der Waals surface area contributed by atoms with Crippen LogP contribution in [-0.4, -0.2) is 18.5 Å². The highest BCUT2D eigenvalue weighted by atomic mass is 19.4. The summed E-state index contributed by atoms with van der Waals surface area (Å²) in [5.41, 5.74) is -0.971. The quantitative estimate of drug-likeness (QED) is 0.321. The number of benzene rings is 2. The number of nitriles is 1. The van der Waals surface area contributed by atoms with Gasteiger partial charge in [-0.25, -0.2) is 0 Å². The van der Waals surface area contributed by atoms with E-state index in [0.29, 0.717) is 5.56 Å². The van der Waals surface area contributed by atoms with Crippen LogP contribution < -0.4 is 14.8 Å². The third-order valence-electron chi connectivity index (χ3n) is 3.65. The van der Waals surface area contributed by atoms with Crippen molar-refractivity contribution >= 4 is 23.6 Å². The molecule has 0 aliphatic heterocycles. The first-order valence-electron chi connectivity index (χ1n) is 8.69. The summed E-state index contributed by atoms with van der Waals surface area (Å²) in [4.78, 5) is 23.5. The number of rotatable bonds is 6. The maximum absolute atomic E-state index is 12.8. The fraction of sp³-hybridized carbons (Fsp3) is 0.190. The summed E-state index contributed by atoms with van der Waals surface area (Å²) < 4.78 is 48.9. The van der Waals surface area contributed by atoms with Gasteiger partial charge in [0, 0.05) is 12.6 Å². The molecule has 30 heavy (non-hydrogen) atoms. The van der Waals surface area contributed by atoms with Gasteiger partial charge in [0.1, 0.15) is 11.6 Å². The summed E-state index contributed by atoms with van der Waals surface area (Å²) in [6.07, 6.45) is -3.32. The fourth-order valence-electron chi connectivity index (χ4n) is 2.41. The molecule has 1 N–H and O–H groups in total. The number of nitrogens with zero attached hydrogens (tertiary/aromatic N) is 1. The van der Waals surface area contributed by atoms with Crippen molar-refractivity contribution in [2.24, 2.45) is 0 Å². The highest BCUT2D eigenvalue weighted by molar-refractivity contribution is 6.09. The number of hydrogen-bond donors (Lipinski definition) is 1. The maximum atomic E-state index is 12.8. The Morgan fingerprint density at radius 3 is 2.50 bits per heavy atom. The molecule has 2 aromatic rings. The average Bonchev–Trinajstić information content (AvgIpc) is 2.67. The molecule has 6 nitrogen and oxygen atoms in total. The predicted octanol–water partition coefficient (Wildman–Crippen LogP) is 4.58. The summed E-state index contributed by atoms with van der Waals surface area (Å²) in [6.45, 7) is 3.24. The third-order valence-corrected chi connectivity index (χ3v) is 3.65. The van der Waals surface area contributed by atoms with Gasteiger partial charge in [0.15, 0.2) is 11.5 Å². The highest BCUT2D eigenvalue weighted by Gasteiger charge is 2.30. The van der Waals surface area contributed by atoms with Crippen molar-refractivity contribution < 1.29 is 32.2 Å². The molecule has 0 heterocycles. The van der Waals surface area contributed by atoms with Crippen LogP contribution in [0.5, 0.6) is 11.5 Å². The maximum Gasteiger partial charge on any atom is 0.416 e. The zero-order valence-electron chi connectivity index (χ0n) is 16.0. The SMILES string of the molecule is CCOc1cc(C=C(C#N)C(=O)Nc2cccc(C(F)(F)F)c2)ccc1OC(C)=O. The molecular formula is C21H17F3N2O4. The minimum absolute atomic E-state index is 0.101. The summed E-state index contributed by atoms with van der Waals surface area (Å²) in [6, 6.07) is 10.2. The number of hydrogen-bond acceptors (Lipinski definition) is 5. The minimum atomic E-state index is -4.56. The molecule has 0 bridgehead atoms. The average molecular weight is 418 g/mol. The fourth-order valence-corrected chi connectivity index (χ4v) is 2.41. The number of anilines is 1. The standard InChI is InChI=1S/C21H17F3N2O4/c1-3-29-19-10-14(7-8-18(19)30-13(2)27)9-15(12-25)20(28)26-17-6-4-5-16(11-17)21(22,23)24/h4-11H,3H2,1-2H3,(H,26,28). The predicted molar refractivity (Wildman–Crippen MR) is 103 cm³/mol. The second-order valence-corrected chi connectivity index (χ2v) is 5.94. The smallest absolute Gasteiger partial charge is 0.416 e. The second kappa shape index (κ2) is 9.60. The molecular weight excluding hydrogens is 401 g/mol. The van der Waals surface area contributed by atoms with Crippen LogP contribution in [0.3, 0.4) is 0 Å². The third kappa shape index (κ3) is 6.10. The van der Waals surface area contributed by atoms with E-state index >= 15 is 0 Å². The zero-order valence-corrected chi connectivity index (χ0v) is 16.0. The Labute approximate surface area is 170 Å². The van der Waals surface area contributed by atoms with Crippen LogP contribution in [0.1, 0.15) is 25.0 Å². The molecule has 2 rings (SSSR count). The lowest BCUT2D eigenvalue weighted by molar-refractivity contribution is -0.137. The topological polar surface area (TPSA) is 88.4 Å². The number of amides is 1. The molecule has 0 aliphatic rings. The number of carbonyl (C=O) groups excluding carboxylic acids is 2. The Morgan fingerprint density at radius 1 is 1.17 bits per heavy atom. The van der Waals surface area contributed by atoms with E-state index in [1.807, 2.05) is 0 Å². The van der Waals surface area contributed by atoms with E-state index in [2.05, 4.69) is 5.32 Å². The number of carbonyl (C=O) groups is 2. The van der Waals surface area contributed by atoms with Crippen molar-refractivity contribution in [1.29, 1.82) is 5.26 Å². The van der Waals surface area contributed by atoms with Gasteiger partial charge < -0.3 is 14.8 Å². The van der Waals surface area contributed by atoms with Crippen molar-refractivity contribution in [2.75, 3.05) is 11.9 Å². The van der Waals surface area contributed by atoms with E-state index in [1.165, 1.54) is 37.3 Å². The monoisotopic (exact) mass is 418 g/mol. The van der Waals surface area contributed by atoms with Gasteiger partial charge in [0.2, 0.25) is 0 Å². The molecule has 156 valence electrons. The highest BCUT2D eigenvalue weighted by Crippen LogP contribution is 2.31. The summed E-state index contributed by atoms with van der Waals surface area (Å²) in [5, 5.41) is 11.6.